The van der Waals surface area contributed by atoms with Crippen LogP contribution in [0.3, 0.4) is 0 Å². The van der Waals surface area contributed by atoms with E-state index >= 15 is 0 Å². The summed E-state index contributed by atoms with van der Waals surface area (Å²) in [5.41, 5.74) is 2.81. The molecule has 1 aliphatic carbocycles. The van der Waals surface area contributed by atoms with Crippen molar-refractivity contribution < 1.29 is 0 Å². The second-order valence-electron chi connectivity index (χ2n) is 7.25. The number of anilines is 1. The Kier molecular flexibility index (Phi) is 5.27. The molecule has 0 bridgehead atoms. The molecule has 1 saturated carbocycles. The van der Waals surface area contributed by atoms with Crippen molar-refractivity contribution in [2.45, 2.75) is 45.1 Å². The van der Waals surface area contributed by atoms with Gasteiger partial charge in [0, 0.05) is 44.0 Å². The summed E-state index contributed by atoms with van der Waals surface area (Å²) < 4.78 is 0. The molecule has 25 heavy (non-hydrogen) atoms. The van der Waals surface area contributed by atoms with Crippen molar-refractivity contribution in [3.63, 3.8) is 0 Å². The van der Waals surface area contributed by atoms with Gasteiger partial charge in [0.25, 0.3) is 0 Å². The lowest BCUT2D eigenvalue weighted by atomic mass is 9.84. The Labute approximate surface area is 154 Å². The van der Waals surface area contributed by atoms with Crippen LogP contribution in [-0.2, 0) is 0 Å². The summed E-state index contributed by atoms with van der Waals surface area (Å²) in [5.74, 6) is 2.07. The molecule has 0 amide bonds. The average Bonchev–Trinajstić information content (AvgIpc) is 3.23. The quantitative estimate of drug-likeness (QED) is 0.835. The zero-order valence-corrected chi connectivity index (χ0v) is 15.8. The van der Waals surface area contributed by atoms with Crippen LogP contribution in [0.2, 0.25) is 0 Å². The van der Waals surface area contributed by atoms with Crippen LogP contribution in [0.25, 0.3) is 10.6 Å². The van der Waals surface area contributed by atoms with E-state index in [2.05, 4.69) is 44.0 Å². The van der Waals surface area contributed by atoms with Crippen molar-refractivity contribution in [1.29, 1.82) is 0 Å². The Morgan fingerprint density at radius 2 is 1.88 bits per heavy atom. The Hall–Kier alpha value is -1.53. The van der Waals surface area contributed by atoms with Gasteiger partial charge in [-0.25, -0.2) is 4.98 Å². The molecule has 1 aliphatic heterocycles. The van der Waals surface area contributed by atoms with E-state index in [4.69, 9.17) is 0 Å². The van der Waals surface area contributed by atoms with Crippen molar-refractivity contribution in [3.8, 4) is 10.6 Å². The molecular formula is C19H27N5S. The van der Waals surface area contributed by atoms with Crippen LogP contribution in [0.4, 0.5) is 5.82 Å². The lowest BCUT2D eigenvalue weighted by Gasteiger charge is -2.42. The van der Waals surface area contributed by atoms with Crippen molar-refractivity contribution in [3.05, 3.63) is 23.8 Å². The number of hydrogen-bond acceptors (Lipinski definition) is 6. The van der Waals surface area contributed by atoms with Crippen LogP contribution >= 0.6 is 11.3 Å². The lowest BCUT2D eigenvalue weighted by molar-refractivity contribution is 0.128. The predicted octanol–water partition coefficient (Wildman–Crippen LogP) is 3.69. The van der Waals surface area contributed by atoms with Gasteiger partial charge in [-0.1, -0.05) is 24.7 Å². The highest BCUT2D eigenvalue weighted by molar-refractivity contribution is 7.12. The zero-order valence-electron chi connectivity index (χ0n) is 15.0. The largest absolute Gasteiger partial charge is 0.354 e. The fourth-order valence-electron chi connectivity index (χ4n) is 4.23. The Morgan fingerprint density at radius 3 is 2.48 bits per heavy atom. The molecule has 2 fully saturated rings. The first kappa shape index (κ1) is 16.9. The van der Waals surface area contributed by atoms with Gasteiger partial charge in [-0.2, -0.15) is 0 Å². The monoisotopic (exact) mass is 357 g/mol. The molecule has 2 aromatic heterocycles. The van der Waals surface area contributed by atoms with E-state index in [9.17, 15) is 0 Å². The van der Waals surface area contributed by atoms with Gasteiger partial charge in [0.2, 0.25) is 0 Å². The first-order valence-corrected chi connectivity index (χ1v) is 10.4. The van der Waals surface area contributed by atoms with E-state index < -0.39 is 0 Å². The highest BCUT2D eigenvalue weighted by Gasteiger charge is 2.28. The molecule has 3 heterocycles. The average molecular weight is 358 g/mol. The lowest BCUT2D eigenvalue weighted by Crippen LogP contribution is -2.51. The van der Waals surface area contributed by atoms with Crippen LogP contribution in [-0.4, -0.2) is 52.3 Å². The van der Waals surface area contributed by atoms with Gasteiger partial charge < -0.3 is 4.90 Å². The Balaban J connectivity index is 1.31. The molecule has 0 radical (unpaired) electrons. The summed E-state index contributed by atoms with van der Waals surface area (Å²) in [7, 11) is 0. The molecule has 1 saturated heterocycles. The molecule has 6 heteroatoms. The fraction of sp³-hybridized carbons (Fsp3) is 0.632. The number of aromatic nitrogens is 3. The van der Waals surface area contributed by atoms with Crippen molar-refractivity contribution in [2.24, 2.45) is 5.92 Å². The molecule has 2 aromatic rings. The van der Waals surface area contributed by atoms with Gasteiger partial charge in [-0.3, -0.25) is 4.90 Å². The van der Waals surface area contributed by atoms with Crippen LogP contribution in [0.5, 0.6) is 0 Å². The fourth-order valence-corrected chi connectivity index (χ4v) is 4.78. The maximum absolute atomic E-state index is 4.66. The predicted molar refractivity (Wildman–Crippen MR) is 103 cm³/mol. The number of hydrogen-bond donors (Lipinski definition) is 0. The molecular weight excluding hydrogens is 330 g/mol. The van der Waals surface area contributed by atoms with Crippen LogP contribution < -0.4 is 4.90 Å². The zero-order chi connectivity index (χ0) is 17.1. The van der Waals surface area contributed by atoms with Crippen LogP contribution in [0, 0.1) is 5.92 Å². The summed E-state index contributed by atoms with van der Waals surface area (Å²) in [6.45, 7) is 6.84. The minimum atomic E-state index is 0.817. The normalized spacial score (nSPS) is 25.2. The molecule has 0 atom stereocenters. The van der Waals surface area contributed by atoms with Crippen molar-refractivity contribution >= 4 is 17.2 Å². The van der Waals surface area contributed by atoms with E-state index in [0.29, 0.717) is 0 Å². The van der Waals surface area contributed by atoms with Gasteiger partial charge in [0.05, 0.1) is 0 Å². The molecule has 5 nitrogen and oxygen atoms in total. The number of nitrogens with zero attached hydrogens (tertiary/aromatic N) is 5. The van der Waals surface area contributed by atoms with E-state index in [1.165, 1.54) is 45.2 Å². The third-order valence-electron chi connectivity index (χ3n) is 5.90. The van der Waals surface area contributed by atoms with E-state index in [1.54, 1.807) is 16.8 Å². The molecule has 134 valence electrons. The SMILES string of the molecule is CCC1CCC(N2CCN(c3ccc(-c4nncs4)cn3)CC2)CC1. The molecule has 0 spiro atoms. The summed E-state index contributed by atoms with van der Waals surface area (Å²) in [6.07, 6.45) is 8.93. The minimum absolute atomic E-state index is 0.817. The van der Waals surface area contributed by atoms with E-state index in [0.717, 1.165) is 41.4 Å². The maximum atomic E-state index is 4.66. The molecule has 2 aliphatic rings. The topological polar surface area (TPSA) is 45.2 Å². The first-order valence-electron chi connectivity index (χ1n) is 9.55. The summed E-state index contributed by atoms with van der Waals surface area (Å²) in [4.78, 5) is 9.80. The first-order chi connectivity index (χ1) is 12.3. The standard InChI is InChI=1S/C19H27N5S/c1-2-15-3-6-17(7-4-15)23-9-11-24(12-10-23)18-8-5-16(13-20-18)19-22-21-14-25-19/h5,8,13-15,17H,2-4,6-7,9-12H2,1H3. The van der Waals surface area contributed by atoms with Gasteiger partial charge in [-0.15, -0.1) is 10.2 Å². The highest BCUT2D eigenvalue weighted by atomic mass is 32.1. The molecule has 0 N–H and O–H groups in total. The van der Waals surface area contributed by atoms with Gasteiger partial charge in [0.15, 0.2) is 0 Å². The number of pyridine rings is 1. The minimum Gasteiger partial charge on any atom is -0.354 e. The third-order valence-corrected chi connectivity index (χ3v) is 6.64. The molecule has 4 rings (SSSR count). The van der Waals surface area contributed by atoms with Crippen LogP contribution in [0.15, 0.2) is 23.8 Å². The Bertz CT molecular complexity index is 641. The van der Waals surface area contributed by atoms with Gasteiger partial charge in [-0.05, 0) is 43.7 Å². The molecule has 0 unspecified atom stereocenters. The van der Waals surface area contributed by atoms with Gasteiger partial charge in [0.1, 0.15) is 16.3 Å². The highest BCUT2D eigenvalue weighted by Crippen LogP contribution is 2.30. The summed E-state index contributed by atoms with van der Waals surface area (Å²) in [5, 5.41) is 8.95. The molecule has 0 aromatic carbocycles. The second kappa shape index (κ2) is 7.79. The Morgan fingerprint density at radius 1 is 1.08 bits per heavy atom. The van der Waals surface area contributed by atoms with Crippen LogP contribution in [0.1, 0.15) is 39.0 Å². The summed E-state index contributed by atoms with van der Waals surface area (Å²) in [6, 6.07) is 5.05. The summed E-state index contributed by atoms with van der Waals surface area (Å²) >= 11 is 1.55. The van der Waals surface area contributed by atoms with Crippen molar-refractivity contribution in [2.75, 3.05) is 31.1 Å². The van der Waals surface area contributed by atoms with Gasteiger partial charge >= 0.3 is 0 Å². The van der Waals surface area contributed by atoms with Crippen molar-refractivity contribution in [1.82, 2.24) is 20.1 Å². The number of rotatable bonds is 4. The second-order valence-corrected chi connectivity index (χ2v) is 8.09. The third kappa shape index (κ3) is 3.85. The maximum Gasteiger partial charge on any atom is 0.149 e. The van der Waals surface area contributed by atoms with E-state index in [-0.39, 0.29) is 0 Å². The smallest absolute Gasteiger partial charge is 0.149 e. The number of piperazine rings is 1. The van der Waals surface area contributed by atoms with E-state index in [1.807, 2.05) is 6.20 Å².